The van der Waals surface area contributed by atoms with Gasteiger partial charge in [0.15, 0.2) is 5.16 Å². The molecule has 2 amide bonds. The number of benzene rings is 2. The maximum atomic E-state index is 12.7. The number of anilines is 2. The van der Waals surface area contributed by atoms with Gasteiger partial charge in [0.1, 0.15) is 5.82 Å². The molecule has 0 saturated heterocycles. The van der Waals surface area contributed by atoms with E-state index in [0.29, 0.717) is 17.4 Å². The third-order valence-corrected chi connectivity index (χ3v) is 6.01. The van der Waals surface area contributed by atoms with Gasteiger partial charge >= 0.3 is 0 Å². The molecule has 0 aliphatic carbocycles. The molecule has 156 valence electrons. The molecule has 0 saturated carbocycles. The lowest BCUT2D eigenvalue weighted by atomic mass is 10.2. The summed E-state index contributed by atoms with van der Waals surface area (Å²) < 4.78 is 1.76. The lowest BCUT2D eigenvalue weighted by molar-refractivity contribution is -0.116. The number of aryl methyl sites for hydroxylation is 1. The number of hydrogen-bond donors (Lipinski definition) is 2. The molecule has 2 aromatic carbocycles. The Bertz CT molecular complexity index is 1020. The molecule has 1 aromatic heterocycles. The normalized spacial score (nSPS) is 11.7. The van der Waals surface area contributed by atoms with Crippen LogP contribution in [0, 0.1) is 6.92 Å². The van der Waals surface area contributed by atoms with Gasteiger partial charge in [0.05, 0.1) is 11.7 Å². The Morgan fingerprint density at radius 1 is 1.03 bits per heavy atom. The average Bonchev–Trinajstić information content (AvgIpc) is 3.07. The standard InChI is InChI=1S/C22H25N5O2S/c1-4-18(21(29)24-17-13-9-8-10-15(17)2)30-22-26-25-19(27(22)3)14-20(28)23-16-11-6-5-7-12-16/h5-13,18H,4,14H2,1-3H3,(H,23,28)(H,24,29)/t18-/m1/s1. The van der Waals surface area contributed by atoms with Gasteiger partial charge in [-0.3, -0.25) is 9.59 Å². The Kier molecular flexibility index (Phi) is 7.24. The molecular weight excluding hydrogens is 398 g/mol. The summed E-state index contributed by atoms with van der Waals surface area (Å²) >= 11 is 1.35. The summed E-state index contributed by atoms with van der Waals surface area (Å²) in [5.41, 5.74) is 2.55. The Morgan fingerprint density at radius 3 is 2.43 bits per heavy atom. The van der Waals surface area contributed by atoms with E-state index in [2.05, 4.69) is 20.8 Å². The van der Waals surface area contributed by atoms with E-state index in [1.807, 2.05) is 68.4 Å². The summed E-state index contributed by atoms with van der Waals surface area (Å²) in [5, 5.41) is 14.4. The van der Waals surface area contributed by atoms with Gasteiger partial charge in [0.25, 0.3) is 0 Å². The van der Waals surface area contributed by atoms with Crippen LogP contribution in [0.5, 0.6) is 0 Å². The van der Waals surface area contributed by atoms with Crippen molar-refractivity contribution in [3.8, 4) is 0 Å². The molecule has 0 aliphatic heterocycles. The van der Waals surface area contributed by atoms with Crippen LogP contribution in [0.2, 0.25) is 0 Å². The Hall–Kier alpha value is -3.13. The van der Waals surface area contributed by atoms with E-state index in [1.54, 1.807) is 11.6 Å². The van der Waals surface area contributed by atoms with Gasteiger partial charge in [0.2, 0.25) is 11.8 Å². The van der Waals surface area contributed by atoms with Crippen LogP contribution in [-0.4, -0.2) is 31.8 Å². The first kappa shape index (κ1) is 21.6. The second kappa shape index (κ2) is 10.1. The number of nitrogens with zero attached hydrogens (tertiary/aromatic N) is 3. The van der Waals surface area contributed by atoms with Crippen LogP contribution in [0.3, 0.4) is 0 Å². The van der Waals surface area contributed by atoms with Crippen LogP contribution in [0.4, 0.5) is 11.4 Å². The largest absolute Gasteiger partial charge is 0.326 e. The number of amides is 2. The van der Waals surface area contributed by atoms with Crippen LogP contribution < -0.4 is 10.6 Å². The van der Waals surface area contributed by atoms with E-state index in [1.165, 1.54) is 11.8 Å². The van der Waals surface area contributed by atoms with Crippen molar-refractivity contribution in [2.75, 3.05) is 10.6 Å². The summed E-state index contributed by atoms with van der Waals surface area (Å²) in [7, 11) is 1.80. The molecule has 8 heteroatoms. The number of hydrogen-bond acceptors (Lipinski definition) is 5. The topological polar surface area (TPSA) is 88.9 Å². The van der Waals surface area contributed by atoms with Gasteiger partial charge in [-0.15, -0.1) is 10.2 Å². The molecule has 0 bridgehead atoms. The minimum Gasteiger partial charge on any atom is -0.326 e. The number of nitrogens with one attached hydrogen (secondary N) is 2. The summed E-state index contributed by atoms with van der Waals surface area (Å²) in [5.74, 6) is 0.292. The first-order valence-electron chi connectivity index (χ1n) is 9.74. The molecular formula is C22H25N5O2S. The molecule has 0 fully saturated rings. The molecule has 0 unspecified atom stereocenters. The maximum absolute atomic E-state index is 12.7. The third kappa shape index (κ3) is 5.48. The fourth-order valence-corrected chi connectivity index (χ4v) is 3.79. The summed E-state index contributed by atoms with van der Waals surface area (Å²) in [6, 6.07) is 16.9. The van der Waals surface area contributed by atoms with Crippen molar-refractivity contribution in [2.45, 2.75) is 37.1 Å². The van der Waals surface area contributed by atoms with Gasteiger partial charge < -0.3 is 15.2 Å². The summed E-state index contributed by atoms with van der Waals surface area (Å²) in [4.78, 5) is 25.0. The maximum Gasteiger partial charge on any atom is 0.237 e. The number of carbonyl (C=O) groups excluding carboxylic acids is 2. The molecule has 0 spiro atoms. The number of thioether (sulfide) groups is 1. The van der Waals surface area contributed by atoms with Gasteiger partial charge in [-0.25, -0.2) is 0 Å². The Labute approximate surface area is 180 Å². The molecule has 30 heavy (non-hydrogen) atoms. The highest BCUT2D eigenvalue weighted by Gasteiger charge is 2.22. The molecule has 2 N–H and O–H groups in total. The fraction of sp³-hybridized carbons (Fsp3) is 0.273. The SMILES string of the molecule is CC[C@@H](Sc1nnc(CC(=O)Nc2ccccc2)n1C)C(=O)Nc1ccccc1C. The van der Waals surface area contributed by atoms with Crippen LogP contribution in [0.25, 0.3) is 0 Å². The predicted molar refractivity (Wildman–Crippen MR) is 120 cm³/mol. The number of aromatic nitrogens is 3. The van der Waals surface area contributed by atoms with Gasteiger partial charge in [-0.1, -0.05) is 55.1 Å². The average molecular weight is 424 g/mol. The van der Waals surface area contributed by atoms with Crippen LogP contribution in [0.1, 0.15) is 24.7 Å². The Morgan fingerprint density at radius 2 is 1.73 bits per heavy atom. The highest BCUT2D eigenvalue weighted by Crippen LogP contribution is 2.26. The summed E-state index contributed by atoms with van der Waals surface area (Å²) in [6.45, 7) is 3.92. The monoisotopic (exact) mass is 423 g/mol. The smallest absolute Gasteiger partial charge is 0.237 e. The minimum absolute atomic E-state index is 0.0804. The minimum atomic E-state index is -0.321. The first-order valence-corrected chi connectivity index (χ1v) is 10.6. The van der Waals surface area contributed by atoms with Crippen LogP contribution >= 0.6 is 11.8 Å². The van der Waals surface area contributed by atoms with E-state index in [9.17, 15) is 9.59 Å². The van der Waals surface area contributed by atoms with E-state index >= 15 is 0 Å². The number of carbonyl (C=O) groups is 2. The van der Waals surface area contributed by atoms with Crippen molar-refractivity contribution in [3.05, 3.63) is 66.0 Å². The van der Waals surface area contributed by atoms with Crippen molar-refractivity contribution in [3.63, 3.8) is 0 Å². The van der Waals surface area contributed by atoms with E-state index < -0.39 is 0 Å². The lowest BCUT2D eigenvalue weighted by Gasteiger charge is -2.15. The molecule has 1 atom stereocenters. The van der Waals surface area contributed by atoms with E-state index in [0.717, 1.165) is 16.9 Å². The Balaban J connectivity index is 1.63. The zero-order valence-electron chi connectivity index (χ0n) is 17.3. The third-order valence-electron chi connectivity index (χ3n) is 4.62. The van der Waals surface area contributed by atoms with Crippen molar-refractivity contribution in [1.29, 1.82) is 0 Å². The molecule has 3 aromatic rings. The zero-order valence-corrected chi connectivity index (χ0v) is 18.1. The van der Waals surface area contributed by atoms with Crippen LogP contribution in [0.15, 0.2) is 59.8 Å². The number of rotatable bonds is 8. The van der Waals surface area contributed by atoms with Crippen molar-refractivity contribution in [1.82, 2.24) is 14.8 Å². The number of para-hydroxylation sites is 2. The second-order valence-electron chi connectivity index (χ2n) is 6.87. The molecule has 0 radical (unpaired) electrons. The fourth-order valence-electron chi connectivity index (χ4n) is 2.85. The molecule has 1 heterocycles. The second-order valence-corrected chi connectivity index (χ2v) is 8.04. The quantitative estimate of drug-likeness (QED) is 0.538. The van der Waals surface area contributed by atoms with Crippen molar-refractivity contribution >= 4 is 35.0 Å². The molecule has 3 rings (SSSR count). The molecule has 7 nitrogen and oxygen atoms in total. The highest BCUT2D eigenvalue weighted by atomic mass is 32.2. The predicted octanol–water partition coefficient (Wildman–Crippen LogP) is 3.81. The highest BCUT2D eigenvalue weighted by molar-refractivity contribution is 8.00. The molecule has 0 aliphatic rings. The summed E-state index contributed by atoms with van der Waals surface area (Å²) in [6.07, 6.45) is 0.740. The van der Waals surface area contributed by atoms with Gasteiger partial charge in [-0.05, 0) is 37.1 Å². The van der Waals surface area contributed by atoms with Gasteiger partial charge in [0, 0.05) is 18.4 Å². The lowest BCUT2D eigenvalue weighted by Crippen LogP contribution is -2.25. The van der Waals surface area contributed by atoms with Crippen molar-refractivity contribution in [2.24, 2.45) is 7.05 Å². The van der Waals surface area contributed by atoms with Crippen molar-refractivity contribution < 1.29 is 9.59 Å². The first-order chi connectivity index (χ1) is 14.5. The van der Waals surface area contributed by atoms with E-state index in [-0.39, 0.29) is 23.5 Å². The zero-order chi connectivity index (χ0) is 21.5. The van der Waals surface area contributed by atoms with Crippen LogP contribution in [-0.2, 0) is 23.1 Å². The van der Waals surface area contributed by atoms with Gasteiger partial charge in [-0.2, -0.15) is 0 Å². The van der Waals surface area contributed by atoms with E-state index in [4.69, 9.17) is 0 Å².